The van der Waals surface area contributed by atoms with Crippen molar-refractivity contribution in [3.05, 3.63) is 87.6 Å². The van der Waals surface area contributed by atoms with Gasteiger partial charge >= 0.3 is 0 Å². The van der Waals surface area contributed by atoms with Crippen LogP contribution in [-0.2, 0) is 0 Å². The molecule has 4 rings (SSSR count). The van der Waals surface area contributed by atoms with Crippen LogP contribution in [0.3, 0.4) is 0 Å². The zero-order valence-electron chi connectivity index (χ0n) is 18.6. The monoisotopic (exact) mass is 468 g/mol. The number of halogens is 1. The summed E-state index contributed by atoms with van der Waals surface area (Å²) in [5.74, 6) is 6.22. The lowest BCUT2D eigenvalue weighted by Crippen LogP contribution is -1.99. The number of aromatic nitrogens is 3. The molecule has 0 amide bonds. The largest absolute Gasteiger partial charge is 0.368 e. The van der Waals surface area contributed by atoms with Crippen molar-refractivity contribution in [3.63, 3.8) is 0 Å². The van der Waals surface area contributed by atoms with Crippen molar-refractivity contribution in [2.75, 3.05) is 5.73 Å². The van der Waals surface area contributed by atoms with Gasteiger partial charge in [-0.1, -0.05) is 48.6 Å². The summed E-state index contributed by atoms with van der Waals surface area (Å²) in [6, 6.07) is 14.3. The summed E-state index contributed by atoms with van der Waals surface area (Å²) in [5, 5.41) is 0.574. The first-order chi connectivity index (χ1) is 16.4. The van der Waals surface area contributed by atoms with Crippen LogP contribution in [0.2, 0.25) is 5.02 Å². The molecule has 34 heavy (non-hydrogen) atoms. The van der Waals surface area contributed by atoms with E-state index in [2.05, 4.69) is 26.8 Å². The van der Waals surface area contributed by atoms with Crippen molar-refractivity contribution in [1.82, 2.24) is 15.0 Å². The van der Waals surface area contributed by atoms with E-state index in [9.17, 15) is 9.59 Å². The number of anilines is 1. The predicted molar refractivity (Wildman–Crippen MR) is 134 cm³/mol. The molecule has 6 nitrogen and oxygen atoms in total. The predicted octanol–water partition coefficient (Wildman–Crippen LogP) is 5.49. The Hall–Kier alpha value is -4.21. The van der Waals surface area contributed by atoms with Crippen molar-refractivity contribution in [1.29, 1.82) is 0 Å². The molecule has 0 atom stereocenters. The number of ketones is 1. The number of aromatic amines is 1. The Morgan fingerprint density at radius 1 is 1.15 bits per heavy atom. The Kier molecular flexibility index (Phi) is 6.58. The molecule has 168 valence electrons. The van der Waals surface area contributed by atoms with Crippen LogP contribution in [-0.4, -0.2) is 27.0 Å². The second-order valence-electron chi connectivity index (χ2n) is 7.69. The summed E-state index contributed by atoms with van der Waals surface area (Å²) in [4.78, 5) is 35.5. The normalized spacial score (nSPS) is 10.4. The lowest BCUT2D eigenvalue weighted by atomic mass is 10.00. The number of Topliss-reactive ketones (excluding diaryl/α,β-unsaturated/α-hetero) is 1. The van der Waals surface area contributed by atoms with E-state index in [1.54, 1.807) is 36.5 Å². The van der Waals surface area contributed by atoms with Gasteiger partial charge in [-0.2, -0.15) is 0 Å². The van der Waals surface area contributed by atoms with E-state index >= 15 is 0 Å². The molecule has 2 heterocycles. The number of nitrogens with zero attached hydrogens (tertiary/aromatic N) is 2. The SMILES string of the molecule is CCC(=O)c1cc(-c2nc(N)ncc2C#Cc2ccc(C=O)cc2)[nH]c1-c1cc(Cl)ccc1C. The summed E-state index contributed by atoms with van der Waals surface area (Å²) in [6.07, 6.45) is 2.68. The van der Waals surface area contributed by atoms with Gasteiger partial charge in [-0.15, -0.1) is 0 Å². The molecule has 0 radical (unpaired) electrons. The van der Waals surface area contributed by atoms with Crippen molar-refractivity contribution < 1.29 is 9.59 Å². The molecule has 7 heteroatoms. The van der Waals surface area contributed by atoms with Gasteiger partial charge in [-0.05, 0) is 42.8 Å². The molecule has 0 aliphatic carbocycles. The van der Waals surface area contributed by atoms with Gasteiger partial charge in [-0.3, -0.25) is 9.59 Å². The third-order valence-electron chi connectivity index (χ3n) is 5.36. The van der Waals surface area contributed by atoms with Gasteiger partial charge in [0.15, 0.2) is 5.78 Å². The minimum Gasteiger partial charge on any atom is -0.368 e. The Morgan fingerprint density at radius 2 is 1.91 bits per heavy atom. The van der Waals surface area contributed by atoms with Crippen LogP contribution in [0.25, 0.3) is 22.6 Å². The quantitative estimate of drug-likeness (QED) is 0.229. The third-order valence-corrected chi connectivity index (χ3v) is 5.59. The molecule has 4 aromatic rings. The van der Waals surface area contributed by atoms with Crippen molar-refractivity contribution in [2.24, 2.45) is 0 Å². The number of aryl methyl sites for hydroxylation is 1. The molecule has 2 aromatic carbocycles. The third kappa shape index (κ3) is 4.75. The fourth-order valence-electron chi connectivity index (χ4n) is 3.55. The van der Waals surface area contributed by atoms with Gasteiger partial charge in [-0.25, -0.2) is 9.97 Å². The molecule has 0 fully saturated rings. The maximum absolute atomic E-state index is 12.8. The number of carbonyl (C=O) groups is 2. The number of nitrogens with two attached hydrogens (primary N) is 1. The molecular weight excluding hydrogens is 448 g/mol. The number of rotatable bonds is 5. The Morgan fingerprint density at radius 3 is 2.62 bits per heavy atom. The minimum absolute atomic E-state index is 0.0122. The van der Waals surface area contributed by atoms with Crippen LogP contribution in [0, 0.1) is 18.8 Å². The summed E-state index contributed by atoms with van der Waals surface area (Å²) >= 11 is 6.25. The highest BCUT2D eigenvalue weighted by molar-refractivity contribution is 6.31. The number of hydrogen-bond donors (Lipinski definition) is 2. The first kappa shape index (κ1) is 23.0. The van der Waals surface area contributed by atoms with Gasteiger partial charge in [0.05, 0.1) is 17.0 Å². The number of nitrogen functional groups attached to an aromatic ring is 1. The van der Waals surface area contributed by atoms with Crippen molar-refractivity contribution in [2.45, 2.75) is 20.3 Å². The van der Waals surface area contributed by atoms with Gasteiger partial charge in [0, 0.05) is 39.9 Å². The topological polar surface area (TPSA) is 102 Å². The van der Waals surface area contributed by atoms with E-state index in [0.717, 1.165) is 23.0 Å². The van der Waals surface area contributed by atoms with E-state index in [0.29, 0.717) is 45.2 Å². The van der Waals surface area contributed by atoms with E-state index in [1.807, 2.05) is 32.0 Å². The number of aldehydes is 1. The molecule has 0 aliphatic rings. The highest BCUT2D eigenvalue weighted by Crippen LogP contribution is 2.33. The summed E-state index contributed by atoms with van der Waals surface area (Å²) in [6.45, 7) is 3.78. The van der Waals surface area contributed by atoms with Crippen molar-refractivity contribution in [3.8, 4) is 34.5 Å². The highest BCUT2D eigenvalue weighted by atomic mass is 35.5. The summed E-state index contributed by atoms with van der Waals surface area (Å²) in [5.41, 5.74) is 11.8. The summed E-state index contributed by atoms with van der Waals surface area (Å²) < 4.78 is 0. The van der Waals surface area contributed by atoms with Crippen LogP contribution < -0.4 is 5.73 Å². The standard InChI is InChI=1S/C27H21ClN4O2/c1-3-24(34)22-13-23(31-26(22)21-12-20(28)11-4-16(21)2)25-19(14-30-27(29)32-25)10-9-17-5-7-18(15-33)8-6-17/h4-8,11-15,31H,3H2,1-2H3,(H2,29,30,32). The first-order valence-electron chi connectivity index (χ1n) is 10.6. The van der Waals surface area contributed by atoms with E-state index in [-0.39, 0.29) is 11.7 Å². The van der Waals surface area contributed by atoms with E-state index in [4.69, 9.17) is 17.3 Å². The Balaban J connectivity index is 1.85. The van der Waals surface area contributed by atoms with E-state index in [1.165, 1.54) is 0 Å². The molecular formula is C27H21ClN4O2. The van der Waals surface area contributed by atoms with Crippen molar-refractivity contribution >= 4 is 29.6 Å². The fourth-order valence-corrected chi connectivity index (χ4v) is 3.72. The molecule has 0 unspecified atom stereocenters. The summed E-state index contributed by atoms with van der Waals surface area (Å²) in [7, 11) is 0. The molecule has 0 bridgehead atoms. The maximum atomic E-state index is 12.8. The molecule has 0 aliphatic heterocycles. The average molecular weight is 469 g/mol. The first-order valence-corrected chi connectivity index (χ1v) is 11.0. The smallest absolute Gasteiger partial charge is 0.220 e. The molecule has 2 aromatic heterocycles. The average Bonchev–Trinajstić information content (AvgIpc) is 3.29. The lowest BCUT2D eigenvalue weighted by molar-refractivity contribution is 0.0988. The van der Waals surface area contributed by atoms with Crippen LogP contribution in [0.15, 0.2) is 54.7 Å². The minimum atomic E-state index is -0.0122. The molecule has 3 N–H and O–H groups in total. The van der Waals surface area contributed by atoms with Gasteiger partial charge in [0.2, 0.25) is 5.95 Å². The highest BCUT2D eigenvalue weighted by Gasteiger charge is 2.20. The zero-order valence-corrected chi connectivity index (χ0v) is 19.4. The fraction of sp³-hybridized carbons (Fsp3) is 0.111. The van der Waals surface area contributed by atoms with Crippen LogP contribution in [0.4, 0.5) is 5.95 Å². The second kappa shape index (κ2) is 9.74. The number of H-pyrrole nitrogens is 1. The van der Waals surface area contributed by atoms with Crippen LogP contribution in [0.1, 0.15) is 50.8 Å². The van der Waals surface area contributed by atoms with Crippen LogP contribution >= 0.6 is 11.6 Å². The Labute approximate surface area is 202 Å². The lowest BCUT2D eigenvalue weighted by Gasteiger charge is -2.07. The van der Waals surface area contributed by atoms with E-state index < -0.39 is 0 Å². The number of nitrogens with one attached hydrogen (secondary N) is 1. The molecule has 0 saturated carbocycles. The zero-order chi connectivity index (χ0) is 24.2. The molecule has 0 saturated heterocycles. The molecule has 0 spiro atoms. The second-order valence-corrected chi connectivity index (χ2v) is 8.12. The number of benzene rings is 2. The van der Waals surface area contributed by atoms with Gasteiger partial charge in [0.25, 0.3) is 0 Å². The van der Waals surface area contributed by atoms with Gasteiger partial charge in [0.1, 0.15) is 12.0 Å². The number of carbonyl (C=O) groups excluding carboxylic acids is 2. The number of hydrogen-bond acceptors (Lipinski definition) is 5. The Bertz CT molecular complexity index is 1460. The van der Waals surface area contributed by atoms with Crippen LogP contribution in [0.5, 0.6) is 0 Å². The maximum Gasteiger partial charge on any atom is 0.220 e. The van der Waals surface area contributed by atoms with Gasteiger partial charge < -0.3 is 10.7 Å².